The summed E-state index contributed by atoms with van der Waals surface area (Å²) in [6, 6.07) is 15.9. The molecule has 0 unspecified atom stereocenters. The van der Waals surface area contributed by atoms with E-state index in [-0.39, 0.29) is 11.9 Å². The summed E-state index contributed by atoms with van der Waals surface area (Å²) < 4.78 is 1.80. The molecule has 0 aliphatic heterocycles. The number of aromatic nitrogens is 2. The second kappa shape index (κ2) is 8.17. The Hall–Kier alpha value is -3.36. The van der Waals surface area contributed by atoms with Gasteiger partial charge >= 0.3 is 6.03 Å². The van der Waals surface area contributed by atoms with Gasteiger partial charge in [-0.3, -0.25) is 4.79 Å². The fourth-order valence-electron chi connectivity index (χ4n) is 2.97. The molecule has 0 bridgehead atoms. The Morgan fingerprint density at radius 3 is 2.40 bits per heavy atom. The van der Waals surface area contributed by atoms with Crippen LogP contribution in [0.1, 0.15) is 15.4 Å². The highest BCUT2D eigenvalue weighted by Crippen LogP contribution is 2.31. The SMILES string of the molecule is CNC(=O)Nc1ccc(NC(=O)c2cc3c(C)nn(-c4cccc(Cl)c4)c3s2)cc1. The van der Waals surface area contributed by atoms with Crippen molar-refractivity contribution in [2.75, 3.05) is 17.7 Å². The average Bonchev–Trinajstić information content (AvgIpc) is 3.30. The van der Waals surface area contributed by atoms with Crippen molar-refractivity contribution in [3.05, 3.63) is 70.2 Å². The maximum Gasteiger partial charge on any atom is 0.318 e. The highest BCUT2D eigenvalue weighted by molar-refractivity contribution is 7.20. The monoisotopic (exact) mass is 439 g/mol. The van der Waals surface area contributed by atoms with Crippen LogP contribution in [0.5, 0.6) is 0 Å². The van der Waals surface area contributed by atoms with Gasteiger partial charge in [0, 0.05) is 28.8 Å². The molecule has 0 aliphatic carbocycles. The number of carbonyl (C=O) groups excluding carboxylic acids is 2. The van der Waals surface area contributed by atoms with E-state index in [1.54, 1.807) is 42.1 Å². The first-order valence-electron chi connectivity index (χ1n) is 9.10. The number of rotatable bonds is 4. The predicted octanol–water partition coefficient (Wildman–Crippen LogP) is 5.05. The molecule has 3 N–H and O–H groups in total. The number of benzene rings is 2. The molecule has 4 rings (SSSR count). The van der Waals surface area contributed by atoms with Gasteiger partial charge in [-0.25, -0.2) is 9.48 Å². The lowest BCUT2D eigenvalue weighted by atomic mass is 10.2. The van der Waals surface area contributed by atoms with Crippen molar-refractivity contribution in [1.29, 1.82) is 0 Å². The fraction of sp³-hybridized carbons (Fsp3) is 0.0952. The van der Waals surface area contributed by atoms with Crippen molar-refractivity contribution in [1.82, 2.24) is 15.1 Å². The highest BCUT2D eigenvalue weighted by Gasteiger charge is 2.17. The van der Waals surface area contributed by atoms with Crippen molar-refractivity contribution in [3.63, 3.8) is 0 Å². The van der Waals surface area contributed by atoms with Crippen LogP contribution in [0.2, 0.25) is 5.02 Å². The van der Waals surface area contributed by atoms with E-state index in [2.05, 4.69) is 21.0 Å². The van der Waals surface area contributed by atoms with Crippen molar-refractivity contribution in [2.24, 2.45) is 0 Å². The van der Waals surface area contributed by atoms with E-state index >= 15 is 0 Å². The van der Waals surface area contributed by atoms with Crippen LogP contribution in [0.4, 0.5) is 16.2 Å². The molecule has 2 aromatic heterocycles. The Morgan fingerprint density at radius 2 is 1.73 bits per heavy atom. The molecule has 2 aromatic carbocycles. The number of aryl methyl sites for hydroxylation is 1. The van der Waals surface area contributed by atoms with E-state index in [1.807, 2.05) is 31.2 Å². The van der Waals surface area contributed by atoms with Gasteiger partial charge in [0.1, 0.15) is 4.83 Å². The smallest absolute Gasteiger partial charge is 0.318 e. The number of carbonyl (C=O) groups is 2. The number of fused-ring (bicyclic) bond motifs is 1. The molecular weight excluding hydrogens is 422 g/mol. The summed E-state index contributed by atoms with van der Waals surface area (Å²) in [4.78, 5) is 25.6. The Bertz CT molecular complexity index is 1250. The zero-order chi connectivity index (χ0) is 21.3. The van der Waals surface area contributed by atoms with Gasteiger partial charge in [-0.1, -0.05) is 17.7 Å². The van der Waals surface area contributed by atoms with E-state index in [0.717, 1.165) is 21.6 Å². The summed E-state index contributed by atoms with van der Waals surface area (Å²) in [7, 11) is 1.54. The summed E-state index contributed by atoms with van der Waals surface area (Å²) in [6.07, 6.45) is 0. The van der Waals surface area contributed by atoms with Crippen LogP contribution in [-0.4, -0.2) is 28.8 Å². The Morgan fingerprint density at radius 1 is 1.03 bits per heavy atom. The number of hydrogen-bond acceptors (Lipinski definition) is 4. The quantitative estimate of drug-likeness (QED) is 0.415. The van der Waals surface area contributed by atoms with Gasteiger partial charge in [0.25, 0.3) is 5.91 Å². The van der Waals surface area contributed by atoms with Crippen LogP contribution in [0.15, 0.2) is 54.6 Å². The number of nitrogens with zero attached hydrogens (tertiary/aromatic N) is 2. The van der Waals surface area contributed by atoms with Crippen LogP contribution in [0.3, 0.4) is 0 Å². The molecule has 0 aliphatic rings. The second-order valence-corrected chi connectivity index (χ2v) is 8.01. The topological polar surface area (TPSA) is 88.1 Å². The van der Waals surface area contributed by atoms with Crippen LogP contribution in [-0.2, 0) is 0 Å². The molecule has 7 nitrogen and oxygen atoms in total. The lowest BCUT2D eigenvalue weighted by Crippen LogP contribution is -2.24. The lowest BCUT2D eigenvalue weighted by molar-refractivity contribution is 0.103. The normalized spacial score (nSPS) is 10.8. The molecule has 2 heterocycles. The number of urea groups is 1. The number of nitrogens with one attached hydrogen (secondary N) is 3. The summed E-state index contributed by atoms with van der Waals surface area (Å²) in [5, 5.41) is 14.2. The molecule has 0 saturated carbocycles. The number of halogens is 1. The van der Waals surface area contributed by atoms with Crippen molar-refractivity contribution in [2.45, 2.75) is 6.92 Å². The van der Waals surface area contributed by atoms with Gasteiger partial charge in [0.15, 0.2) is 0 Å². The molecule has 152 valence electrons. The van der Waals surface area contributed by atoms with Crippen LogP contribution in [0, 0.1) is 6.92 Å². The molecular formula is C21H18ClN5O2S. The summed E-state index contributed by atoms with van der Waals surface area (Å²) in [5.74, 6) is -0.208. The minimum absolute atomic E-state index is 0.208. The lowest BCUT2D eigenvalue weighted by Gasteiger charge is -2.07. The molecule has 30 heavy (non-hydrogen) atoms. The number of thiophene rings is 1. The maximum absolute atomic E-state index is 12.8. The van der Waals surface area contributed by atoms with Crippen molar-refractivity contribution < 1.29 is 9.59 Å². The van der Waals surface area contributed by atoms with Crippen LogP contribution >= 0.6 is 22.9 Å². The Labute approximate surface area is 181 Å². The molecule has 0 spiro atoms. The van der Waals surface area contributed by atoms with E-state index in [4.69, 9.17) is 11.6 Å². The first-order chi connectivity index (χ1) is 14.4. The third-order valence-electron chi connectivity index (χ3n) is 4.45. The van der Waals surface area contributed by atoms with Crippen LogP contribution in [0.25, 0.3) is 15.9 Å². The fourth-order valence-corrected chi connectivity index (χ4v) is 4.23. The second-order valence-electron chi connectivity index (χ2n) is 6.54. The number of amides is 3. The Balaban J connectivity index is 1.57. The first-order valence-corrected chi connectivity index (χ1v) is 10.3. The van der Waals surface area contributed by atoms with E-state index < -0.39 is 0 Å². The number of anilines is 2. The van der Waals surface area contributed by atoms with Gasteiger partial charge in [-0.05, 0) is 55.5 Å². The van der Waals surface area contributed by atoms with Crippen molar-refractivity contribution >= 4 is 56.5 Å². The van der Waals surface area contributed by atoms with Crippen LogP contribution < -0.4 is 16.0 Å². The summed E-state index contributed by atoms with van der Waals surface area (Å²) in [5.41, 5.74) is 2.94. The summed E-state index contributed by atoms with van der Waals surface area (Å²) in [6.45, 7) is 1.91. The maximum atomic E-state index is 12.8. The minimum atomic E-state index is -0.304. The van der Waals surface area contributed by atoms with Gasteiger partial charge < -0.3 is 16.0 Å². The third-order valence-corrected chi connectivity index (χ3v) is 5.79. The van der Waals surface area contributed by atoms with Gasteiger partial charge in [0.05, 0.1) is 16.3 Å². The minimum Gasteiger partial charge on any atom is -0.341 e. The zero-order valence-corrected chi connectivity index (χ0v) is 17.8. The largest absolute Gasteiger partial charge is 0.341 e. The molecule has 0 radical (unpaired) electrons. The van der Waals surface area contributed by atoms with E-state index in [9.17, 15) is 9.59 Å². The molecule has 0 fully saturated rings. The molecule has 0 atom stereocenters. The zero-order valence-electron chi connectivity index (χ0n) is 16.2. The first kappa shape index (κ1) is 19.9. The standard InChI is InChI=1S/C21H18ClN5O2S/c1-12-17-11-18(30-20(17)27(26-12)16-5-3-4-13(22)10-16)19(28)24-14-6-8-15(9-7-14)25-21(29)23-2/h3-11H,1-2H3,(H,24,28)(H2,23,25,29). The van der Waals surface area contributed by atoms with Gasteiger partial charge in [-0.2, -0.15) is 5.10 Å². The number of hydrogen-bond donors (Lipinski definition) is 3. The molecule has 3 amide bonds. The van der Waals surface area contributed by atoms with Gasteiger partial charge in [-0.15, -0.1) is 11.3 Å². The highest BCUT2D eigenvalue weighted by atomic mass is 35.5. The van der Waals surface area contributed by atoms with E-state index in [0.29, 0.717) is 21.3 Å². The summed E-state index contributed by atoms with van der Waals surface area (Å²) >= 11 is 7.48. The predicted molar refractivity (Wildman–Crippen MR) is 121 cm³/mol. The average molecular weight is 440 g/mol. The Kier molecular flexibility index (Phi) is 5.43. The van der Waals surface area contributed by atoms with E-state index in [1.165, 1.54) is 11.3 Å². The van der Waals surface area contributed by atoms with Gasteiger partial charge in [0.2, 0.25) is 0 Å². The van der Waals surface area contributed by atoms with Crippen molar-refractivity contribution in [3.8, 4) is 5.69 Å². The molecule has 9 heteroatoms. The molecule has 4 aromatic rings. The molecule has 0 saturated heterocycles. The third kappa shape index (κ3) is 4.00.